The zero-order valence-electron chi connectivity index (χ0n) is 11.2. The van der Waals surface area contributed by atoms with Crippen LogP contribution in [-0.2, 0) is 4.79 Å². The Kier molecular flexibility index (Phi) is 3.31. The number of nitrogens with one attached hydrogen (secondary N) is 1. The molecular weight excluding hydrogens is 240 g/mol. The van der Waals surface area contributed by atoms with Crippen LogP contribution in [0.3, 0.4) is 0 Å². The first-order valence-electron chi connectivity index (χ1n) is 7.22. The van der Waals surface area contributed by atoms with Crippen molar-refractivity contribution in [3.05, 3.63) is 18.7 Å². The SMILES string of the molecule is NC1(CC(=O)NC2CCCC2n2ccnc2)CCC1. The van der Waals surface area contributed by atoms with E-state index in [1.54, 1.807) is 6.20 Å². The van der Waals surface area contributed by atoms with Crippen molar-refractivity contribution in [1.29, 1.82) is 0 Å². The zero-order valence-corrected chi connectivity index (χ0v) is 11.2. The van der Waals surface area contributed by atoms with E-state index in [1.165, 1.54) is 0 Å². The zero-order chi connectivity index (χ0) is 13.3. The molecule has 1 amide bonds. The van der Waals surface area contributed by atoms with Crippen molar-refractivity contribution in [3.8, 4) is 0 Å². The third-order valence-corrected chi connectivity index (χ3v) is 4.60. The molecule has 2 saturated carbocycles. The van der Waals surface area contributed by atoms with Gasteiger partial charge in [0.1, 0.15) is 0 Å². The predicted octanol–water partition coefficient (Wildman–Crippen LogP) is 1.36. The van der Waals surface area contributed by atoms with Crippen LogP contribution in [0.25, 0.3) is 0 Å². The van der Waals surface area contributed by atoms with E-state index in [0.717, 1.165) is 38.5 Å². The number of rotatable bonds is 4. The molecule has 0 saturated heterocycles. The van der Waals surface area contributed by atoms with Gasteiger partial charge < -0.3 is 15.6 Å². The molecule has 1 aromatic heterocycles. The molecular formula is C14H22N4O. The van der Waals surface area contributed by atoms with E-state index in [0.29, 0.717) is 12.5 Å². The molecule has 2 unspecified atom stereocenters. The first kappa shape index (κ1) is 12.7. The van der Waals surface area contributed by atoms with Crippen molar-refractivity contribution >= 4 is 5.91 Å². The average Bonchev–Trinajstić information content (AvgIpc) is 2.96. The molecule has 2 aliphatic carbocycles. The second-order valence-electron chi connectivity index (χ2n) is 6.07. The average molecular weight is 262 g/mol. The normalized spacial score (nSPS) is 28.9. The number of hydrogen-bond acceptors (Lipinski definition) is 3. The van der Waals surface area contributed by atoms with E-state index in [1.807, 2.05) is 12.5 Å². The molecule has 19 heavy (non-hydrogen) atoms. The van der Waals surface area contributed by atoms with Gasteiger partial charge in [0, 0.05) is 30.4 Å². The second kappa shape index (κ2) is 4.96. The summed E-state index contributed by atoms with van der Waals surface area (Å²) in [6.45, 7) is 0. The van der Waals surface area contributed by atoms with E-state index >= 15 is 0 Å². The molecule has 0 bridgehead atoms. The summed E-state index contributed by atoms with van der Waals surface area (Å²) in [5.41, 5.74) is 5.90. The molecule has 2 aliphatic rings. The Balaban J connectivity index is 1.58. The maximum Gasteiger partial charge on any atom is 0.222 e. The number of carbonyl (C=O) groups is 1. The highest BCUT2D eigenvalue weighted by molar-refractivity contribution is 5.77. The molecule has 0 aromatic carbocycles. The molecule has 5 heteroatoms. The summed E-state index contributed by atoms with van der Waals surface area (Å²) in [7, 11) is 0. The largest absolute Gasteiger partial charge is 0.351 e. The highest BCUT2D eigenvalue weighted by Crippen LogP contribution is 2.33. The van der Waals surface area contributed by atoms with Crippen LogP contribution in [0.5, 0.6) is 0 Å². The van der Waals surface area contributed by atoms with Crippen LogP contribution in [0, 0.1) is 0 Å². The lowest BCUT2D eigenvalue weighted by atomic mass is 9.75. The highest BCUT2D eigenvalue weighted by atomic mass is 16.1. The van der Waals surface area contributed by atoms with Crippen molar-refractivity contribution in [2.75, 3.05) is 0 Å². The number of carbonyl (C=O) groups excluding carboxylic acids is 1. The van der Waals surface area contributed by atoms with Gasteiger partial charge in [0.05, 0.1) is 12.4 Å². The van der Waals surface area contributed by atoms with Gasteiger partial charge in [0.25, 0.3) is 0 Å². The van der Waals surface area contributed by atoms with E-state index < -0.39 is 0 Å². The van der Waals surface area contributed by atoms with Crippen LogP contribution >= 0.6 is 0 Å². The molecule has 3 rings (SSSR count). The van der Waals surface area contributed by atoms with Crippen LogP contribution in [0.1, 0.15) is 51.0 Å². The Morgan fingerprint density at radius 3 is 2.89 bits per heavy atom. The van der Waals surface area contributed by atoms with Crippen molar-refractivity contribution in [3.63, 3.8) is 0 Å². The summed E-state index contributed by atoms with van der Waals surface area (Å²) in [6, 6.07) is 0.576. The molecule has 3 N–H and O–H groups in total. The number of amides is 1. The van der Waals surface area contributed by atoms with Gasteiger partial charge in [-0.15, -0.1) is 0 Å². The molecule has 0 aliphatic heterocycles. The lowest BCUT2D eigenvalue weighted by molar-refractivity contribution is -0.123. The fraction of sp³-hybridized carbons (Fsp3) is 0.714. The van der Waals surface area contributed by atoms with E-state index in [9.17, 15) is 4.79 Å². The third kappa shape index (κ3) is 2.66. The topological polar surface area (TPSA) is 72.9 Å². The van der Waals surface area contributed by atoms with Crippen molar-refractivity contribution < 1.29 is 4.79 Å². The molecule has 2 atom stereocenters. The fourth-order valence-electron chi connectivity index (χ4n) is 3.32. The first-order valence-corrected chi connectivity index (χ1v) is 7.22. The molecule has 5 nitrogen and oxygen atoms in total. The minimum atomic E-state index is -0.229. The Labute approximate surface area is 113 Å². The molecule has 0 spiro atoms. The third-order valence-electron chi connectivity index (χ3n) is 4.60. The summed E-state index contributed by atoms with van der Waals surface area (Å²) in [5.74, 6) is 0.110. The summed E-state index contributed by atoms with van der Waals surface area (Å²) < 4.78 is 2.11. The molecule has 104 valence electrons. The number of nitrogens with two attached hydrogens (primary N) is 1. The van der Waals surface area contributed by atoms with Gasteiger partial charge in [-0.05, 0) is 38.5 Å². The maximum absolute atomic E-state index is 12.1. The van der Waals surface area contributed by atoms with Crippen molar-refractivity contribution in [1.82, 2.24) is 14.9 Å². The fourth-order valence-corrected chi connectivity index (χ4v) is 3.32. The highest BCUT2D eigenvalue weighted by Gasteiger charge is 2.36. The van der Waals surface area contributed by atoms with Crippen LogP contribution in [0.15, 0.2) is 18.7 Å². The van der Waals surface area contributed by atoms with Gasteiger partial charge in [-0.1, -0.05) is 0 Å². The minimum Gasteiger partial charge on any atom is -0.351 e. The van der Waals surface area contributed by atoms with Crippen LogP contribution in [0.4, 0.5) is 0 Å². The Bertz CT molecular complexity index is 438. The van der Waals surface area contributed by atoms with E-state index in [2.05, 4.69) is 14.9 Å². The Morgan fingerprint density at radius 1 is 1.42 bits per heavy atom. The molecule has 1 aromatic rings. The quantitative estimate of drug-likeness (QED) is 0.860. The van der Waals surface area contributed by atoms with Crippen LogP contribution < -0.4 is 11.1 Å². The maximum atomic E-state index is 12.1. The molecule has 0 radical (unpaired) electrons. The van der Waals surface area contributed by atoms with Gasteiger partial charge >= 0.3 is 0 Å². The van der Waals surface area contributed by atoms with Crippen molar-refractivity contribution in [2.24, 2.45) is 5.73 Å². The summed E-state index contributed by atoms with van der Waals surface area (Å²) >= 11 is 0. The van der Waals surface area contributed by atoms with Crippen LogP contribution in [-0.4, -0.2) is 27.0 Å². The Morgan fingerprint density at radius 2 is 2.26 bits per heavy atom. The monoisotopic (exact) mass is 262 g/mol. The smallest absolute Gasteiger partial charge is 0.222 e. The van der Waals surface area contributed by atoms with Gasteiger partial charge in [-0.25, -0.2) is 4.98 Å². The van der Waals surface area contributed by atoms with Gasteiger partial charge in [0.15, 0.2) is 0 Å². The van der Waals surface area contributed by atoms with Gasteiger partial charge in [-0.2, -0.15) is 0 Å². The van der Waals surface area contributed by atoms with Crippen molar-refractivity contribution in [2.45, 2.75) is 62.6 Å². The van der Waals surface area contributed by atoms with E-state index in [4.69, 9.17) is 5.73 Å². The summed E-state index contributed by atoms with van der Waals surface area (Å²) in [6.07, 6.45) is 12.5. The van der Waals surface area contributed by atoms with Gasteiger partial charge in [-0.3, -0.25) is 4.79 Å². The summed E-state index contributed by atoms with van der Waals surface area (Å²) in [5, 5.41) is 3.17. The standard InChI is InChI=1S/C14H22N4O/c15-14(5-2-6-14)9-13(19)17-11-3-1-4-12(11)18-8-7-16-10-18/h7-8,10-12H,1-6,9,15H2,(H,17,19). The number of imidazole rings is 1. The first-order chi connectivity index (χ1) is 9.16. The van der Waals surface area contributed by atoms with Gasteiger partial charge in [0.2, 0.25) is 5.91 Å². The summed E-state index contributed by atoms with van der Waals surface area (Å²) in [4.78, 5) is 16.2. The Hall–Kier alpha value is -1.36. The minimum absolute atomic E-state index is 0.110. The lowest BCUT2D eigenvalue weighted by Gasteiger charge is -2.38. The van der Waals surface area contributed by atoms with Crippen LogP contribution in [0.2, 0.25) is 0 Å². The van der Waals surface area contributed by atoms with E-state index in [-0.39, 0.29) is 17.5 Å². The second-order valence-corrected chi connectivity index (χ2v) is 6.07. The lowest BCUT2D eigenvalue weighted by Crippen LogP contribution is -2.51. The number of nitrogens with zero attached hydrogens (tertiary/aromatic N) is 2. The molecule has 2 fully saturated rings. The molecule has 1 heterocycles. The number of hydrogen-bond donors (Lipinski definition) is 2. The number of aromatic nitrogens is 2. The predicted molar refractivity (Wildman–Crippen MR) is 72.4 cm³/mol.